The van der Waals surface area contributed by atoms with E-state index in [2.05, 4.69) is 18.0 Å². The maximum absolute atomic E-state index is 2.09. The van der Waals surface area contributed by atoms with Gasteiger partial charge in [-0.3, -0.25) is 0 Å². The molecule has 0 rings (SSSR count). The Morgan fingerprint density at radius 3 is 1.80 bits per heavy atom. The number of hydrogen-bond donors (Lipinski definition) is 0. The maximum atomic E-state index is 2.09. The Bertz CT molecular complexity index is 41.6. The minimum atomic E-state index is 1.38. The van der Waals surface area contributed by atoms with Crippen LogP contribution in [0.25, 0.3) is 0 Å². The van der Waals surface area contributed by atoms with E-state index >= 15 is 0 Å². The van der Waals surface area contributed by atoms with Gasteiger partial charge in [0.05, 0.1) is 0 Å². The van der Waals surface area contributed by atoms with Gasteiger partial charge in [0, 0.05) is 0 Å². The van der Waals surface area contributed by atoms with Crippen LogP contribution in [0.3, 0.4) is 0 Å². The van der Waals surface area contributed by atoms with E-state index in [1.807, 2.05) is 22.3 Å². The molecule has 29 valence electrons. The average Bonchev–Trinajstić information content (AvgIpc) is 1.38. The van der Waals surface area contributed by atoms with Crippen molar-refractivity contribution >= 4 is 22.3 Å². The SMILES string of the molecule is CC(C)=C[Te]. The first-order valence-electron chi connectivity index (χ1n) is 1.52. The molecule has 0 heterocycles. The van der Waals surface area contributed by atoms with E-state index in [1.54, 1.807) is 0 Å². The molecular formula is C4H7Te. The van der Waals surface area contributed by atoms with Crippen LogP contribution in [0.1, 0.15) is 13.8 Å². The molecule has 0 fully saturated rings. The molecule has 0 aliphatic heterocycles. The molecule has 0 bridgehead atoms. The summed E-state index contributed by atoms with van der Waals surface area (Å²) in [4.78, 5) is 0. The average molecular weight is 183 g/mol. The van der Waals surface area contributed by atoms with Crippen LogP contribution >= 0.6 is 0 Å². The van der Waals surface area contributed by atoms with Gasteiger partial charge < -0.3 is 0 Å². The van der Waals surface area contributed by atoms with E-state index in [1.165, 1.54) is 5.57 Å². The zero-order valence-corrected chi connectivity index (χ0v) is 5.82. The van der Waals surface area contributed by atoms with Gasteiger partial charge in [0.1, 0.15) is 0 Å². The molecule has 0 atom stereocenters. The molecule has 0 spiro atoms. The summed E-state index contributed by atoms with van der Waals surface area (Å²) in [5, 5.41) is 0. The summed E-state index contributed by atoms with van der Waals surface area (Å²) in [7, 11) is 0. The third-order valence-electron chi connectivity index (χ3n) is 0.236. The molecule has 1 radical (unpaired) electrons. The molecular weight excluding hydrogens is 176 g/mol. The third kappa shape index (κ3) is 4.53. The first kappa shape index (κ1) is 5.53. The van der Waals surface area contributed by atoms with Gasteiger partial charge in [0.15, 0.2) is 0 Å². The molecule has 0 aliphatic carbocycles. The van der Waals surface area contributed by atoms with Gasteiger partial charge in [-0.2, -0.15) is 0 Å². The van der Waals surface area contributed by atoms with Gasteiger partial charge in [-0.1, -0.05) is 0 Å². The number of rotatable bonds is 0. The van der Waals surface area contributed by atoms with Crippen molar-refractivity contribution in [3.05, 3.63) is 9.70 Å². The third-order valence-corrected chi connectivity index (χ3v) is 1.58. The fourth-order valence-corrected chi connectivity index (χ4v) is 0. The van der Waals surface area contributed by atoms with E-state index in [0.29, 0.717) is 0 Å². The zero-order chi connectivity index (χ0) is 4.28. The minimum absolute atomic E-state index is 1.38. The van der Waals surface area contributed by atoms with E-state index in [4.69, 9.17) is 0 Å². The Labute approximate surface area is 46.2 Å². The molecule has 5 heavy (non-hydrogen) atoms. The van der Waals surface area contributed by atoms with Crippen molar-refractivity contribution in [1.82, 2.24) is 0 Å². The van der Waals surface area contributed by atoms with Crippen molar-refractivity contribution in [2.45, 2.75) is 13.8 Å². The van der Waals surface area contributed by atoms with Crippen molar-refractivity contribution in [2.75, 3.05) is 0 Å². The van der Waals surface area contributed by atoms with Crippen LogP contribution in [0.15, 0.2) is 9.70 Å². The first-order valence-corrected chi connectivity index (χ1v) is 2.87. The van der Waals surface area contributed by atoms with Crippen LogP contribution in [0.5, 0.6) is 0 Å². The fraction of sp³-hybridized carbons (Fsp3) is 0.500. The molecule has 0 nitrogen and oxygen atoms in total. The molecule has 0 N–H and O–H groups in total. The molecule has 1 heteroatoms. The number of hydrogen-bond acceptors (Lipinski definition) is 0. The molecule has 0 aromatic rings. The van der Waals surface area contributed by atoms with Crippen molar-refractivity contribution in [3.8, 4) is 0 Å². The van der Waals surface area contributed by atoms with Crippen LogP contribution in [-0.2, 0) is 0 Å². The number of allylic oxidation sites excluding steroid dienone is 1. The summed E-state index contributed by atoms with van der Waals surface area (Å²) >= 11 is 1.98. The Balaban J connectivity index is 3.14. The molecule has 0 unspecified atom stereocenters. The Morgan fingerprint density at radius 2 is 1.80 bits per heavy atom. The second kappa shape index (κ2) is 2.75. The van der Waals surface area contributed by atoms with Crippen molar-refractivity contribution in [1.29, 1.82) is 0 Å². The van der Waals surface area contributed by atoms with Gasteiger partial charge >= 0.3 is 45.8 Å². The van der Waals surface area contributed by atoms with Crippen LogP contribution in [0.4, 0.5) is 0 Å². The monoisotopic (exact) mass is 185 g/mol. The summed E-state index contributed by atoms with van der Waals surface area (Å²) in [6, 6.07) is 0. The summed E-state index contributed by atoms with van der Waals surface area (Å²) in [5.41, 5.74) is 1.38. The molecule has 0 aromatic carbocycles. The van der Waals surface area contributed by atoms with Crippen LogP contribution < -0.4 is 0 Å². The van der Waals surface area contributed by atoms with E-state index in [0.717, 1.165) is 0 Å². The van der Waals surface area contributed by atoms with Crippen LogP contribution in [-0.4, -0.2) is 22.3 Å². The molecule has 0 amide bonds. The topological polar surface area (TPSA) is 0 Å². The van der Waals surface area contributed by atoms with Gasteiger partial charge in [0.25, 0.3) is 0 Å². The first-order chi connectivity index (χ1) is 2.27. The van der Waals surface area contributed by atoms with E-state index in [9.17, 15) is 0 Å². The van der Waals surface area contributed by atoms with E-state index in [-0.39, 0.29) is 0 Å². The summed E-state index contributed by atoms with van der Waals surface area (Å²) < 4.78 is 2.09. The molecule has 0 saturated heterocycles. The zero-order valence-electron chi connectivity index (χ0n) is 3.49. The van der Waals surface area contributed by atoms with Gasteiger partial charge in [-0.15, -0.1) is 0 Å². The van der Waals surface area contributed by atoms with Gasteiger partial charge in [-0.05, 0) is 0 Å². The molecule has 0 aliphatic rings. The summed E-state index contributed by atoms with van der Waals surface area (Å²) in [5.74, 6) is 0. The Morgan fingerprint density at radius 1 is 1.60 bits per heavy atom. The summed E-state index contributed by atoms with van der Waals surface area (Å²) in [6.07, 6.45) is 0. The van der Waals surface area contributed by atoms with E-state index < -0.39 is 0 Å². The predicted molar refractivity (Wildman–Crippen MR) is 25.2 cm³/mol. The van der Waals surface area contributed by atoms with Crippen molar-refractivity contribution in [3.63, 3.8) is 0 Å². The van der Waals surface area contributed by atoms with Crippen molar-refractivity contribution < 1.29 is 0 Å². The Kier molecular flexibility index (Phi) is 3.04. The van der Waals surface area contributed by atoms with Gasteiger partial charge in [0.2, 0.25) is 0 Å². The fourth-order valence-electron chi connectivity index (χ4n) is 0. The Hall–Kier alpha value is 0.530. The second-order valence-electron chi connectivity index (χ2n) is 1.20. The normalized spacial score (nSPS) is 6.80. The predicted octanol–water partition coefficient (Wildman–Crippen LogP) is 1.08. The summed E-state index contributed by atoms with van der Waals surface area (Å²) in [6.45, 7) is 4.17. The molecule has 0 saturated carbocycles. The quantitative estimate of drug-likeness (QED) is 0.492. The van der Waals surface area contributed by atoms with Crippen molar-refractivity contribution in [2.24, 2.45) is 0 Å². The van der Waals surface area contributed by atoms with Crippen LogP contribution in [0, 0.1) is 0 Å². The standard InChI is InChI=1S/C4H7Te/c1-4(2)3-5/h3H,1-2H3. The van der Waals surface area contributed by atoms with Crippen LogP contribution in [0.2, 0.25) is 0 Å². The van der Waals surface area contributed by atoms with Gasteiger partial charge in [-0.25, -0.2) is 0 Å². The molecule has 0 aromatic heterocycles. The second-order valence-corrected chi connectivity index (χ2v) is 1.87.